The molecule has 0 aliphatic rings. The molecule has 0 unspecified atom stereocenters. The highest BCUT2D eigenvalue weighted by Crippen LogP contribution is 2.22. The largest absolute Gasteiger partial charge is 0.382 e. The predicted molar refractivity (Wildman–Crippen MR) is 106 cm³/mol. The zero-order chi connectivity index (χ0) is 20.6. The van der Waals surface area contributed by atoms with E-state index >= 15 is 0 Å². The Bertz CT molecular complexity index is 1010. The van der Waals surface area contributed by atoms with Crippen molar-refractivity contribution in [2.45, 2.75) is 13.0 Å². The average molecular weight is 417 g/mol. The Labute approximate surface area is 170 Å². The molecule has 0 radical (unpaired) electrons. The van der Waals surface area contributed by atoms with Gasteiger partial charge >= 0.3 is 6.03 Å². The van der Waals surface area contributed by atoms with E-state index in [-0.39, 0.29) is 29.1 Å². The molecule has 2 aromatic carbocycles. The molecule has 3 aromatic rings. The Balaban J connectivity index is 1.54. The van der Waals surface area contributed by atoms with Crippen LogP contribution in [-0.4, -0.2) is 28.7 Å². The van der Waals surface area contributed by atoms with Gasteiger partial charge in [0.05, 0.1) is 17.3 Å². The Morgan fingerprint density at radius 2 is 1.97 bits per heavy atom. The minimum atomic E-state index is -0.560. The highest BCUT2D eigenvalue weighted by molar-refractivity contribution is 6.31. The van der Waals surface area contributed by atoms with Crippen molar-refractivity contribution in [3.63, 3.8) is 0 Å². The lowest BCUT2D eigenvalue weighted by Gasteiger charge is -2.07. The first-order valence-electron chi connectivity index (χ1n) is 8.69. The number of rotatable bonds is 7. The summed E-state index contributed by atoms with van der Waals surface area (Å²) < 4.78 is 17.9. The first-order valence-corrected chi connectivity index (χ1v) is 9.07. The summed E-state index contributed by atoms with van der Waals surface area (Å²) in [5.41, 5.74) is 7.88. The standard InChI is InChI=1S/C19H18ClFN6O2/c20-14-10-13(6-7-15(14)21)25-18(22)17-16(26-29-27-17)11-24-19(28)23-9-8-12-4-2-1-3-5-12/h1-7,10H,8-9,11H2,(H2,22,25)(H2,23,24,28). The van der Waals surface area contributed by atoms with Gasteiger partial charge in [0.1, 0.15) is 11.5 Å². The maximum Gasteiger partial charge on any atom is 0.315 e. The molecule has 150 valence electrons. The van der Waals surface area contributed by atoms with Crippen LogP contribution in [0.15, 0.2) is 58.2 Å². The fraction of sp³-hybridized carbons (Fsp3) is 0.158. The van der Waals surface area contributed by atoms with E-state index in [4.69, 9.17) is 22.0 Å². The predicted octanol–water partition coefficient (Wildman–Crippen LogP) is 2.94. The summed E-state index contributed by atoms with van der Waals surface area (Å²) in [6.45, 7) is 0.519. The minimum Gasteiger partial charge on any atom is -0.382 e. The molecule has 0 saturated carbocycles. The molecule has 0 saturated heterocycles. The number of aromatic nitrogens is 2. The average Bonchev–Trinajstić information content (AvgIpc) is 3.19. The van der Waals surface area contributed by atoms with E-state index < -0.39 is 5.82 Å². The number of hydrogen-bond acceptors (Lipinski definition) is 5. The van der Waals surface area contributed by atoms with E-state index in [1.165, 1.54) is 18.2 Å². The van der Waals surface area contributed by atoms with Crippen LogP contribution < -0.4 is 16.4 Å². The van der Waals surface area contributed by atoms with Gasteiger partial charge in [-0.3, -0.25) is 0 Å². The minimum absolute atomic E-state index is 0.00443. The number of amides is 2. The molecule has 0 aliphatic carbocycles. The van der Waals surface area contributed by atoms with Crippen LogP contribution in [0, 0.1) is 5.82 Å². The van der Waals surface area contributed by atoms with Crippen molar-refractivity contribution in [3.05, 3.63) is 76.3 Å². The molecule has 2 amide bonds. The van der Waals surface area contributed by atoms with E-state index in [0.29, 0.717) is 24.3 Å². The van der Waals surface area contributed by atoms with Gasteiger partial charge in [0.25, 0.3) is 0 Å². The third kappa shape index (κ3) is 5.76. The molecule has 0 spiro atoms. The number of nitrogens with zero attached hydrogens (tertiary/aromatic N) is 3. The van der Waals surface area contributed by atoms with Crippen molar-refractivity contribution in [2.24, 2.45) is 10.7 Å². The lowest BCUT2D eigenvalue weighted by atomic mass is 10.1. The van der Waals surface area contributed by atoms with Gasteiger partial charge in [-0.25, -0.2) is 18.8 Å². The number of halogens is 2. The highest BCUT2D eigenvalue weighted by Gasteiger charge is 2.15. The monoisotopic (exact) mass is 416 g/mol. The number of hydrogen-bond donors (Lipinski definition) is 3. The number of nitrogens with one attached hydrogen (secondary N) is 2. The van der Waals surface area contributed by atoms with Crippen LogP contribution in [0.25, 0.3) is 0 Å². The lowest BCUT2D eigenvalue weighted by Crippen LogP contribution is -2.36. The zero-order valence-electron chi connectivity index (χ0n) is 15.2. The van der Waals surface area contributed by atoms with E-state index in [1.807, 2.05) is 30.3 Å². The van der Waals surface area contributed by atoms with Crippen LogP contribution in [-0.2, 0) is 13.0 Å². The van der Waals surface area contributed by atoms with E-state index in [9.17, 15) is 9.18 Å². The van der Waals surface area contributed by atoms with Gasteiger partial charge in [-0.1, -0.05) is 47.1 Å². The Hall–Kier alpha value is -3.46. The number of benzene rings is 2. The van der Waals surface area contributed by atoms with E-state index in [0.717, 1.165) is 5.56 Å². The van der Waals surface area contributed by atoms with Gasteiger partial charge in [-0.15, -0.1) is 0 Å². The van der Waals surface area contributed by atoms with Crippen LogP contribution in [0.4, 0.5) is 14.9 Å². The normalized spacial score (nSPS) is 11.3. The van der Waals surface area contributed by atoms with Crippen LogP contribution in [0.2, 0.25) is 5.02 Å². The van der Waals surface area contributed by atoms with Gasteiger partial charge in [0.2, 0.25) is 0 Å². The summed E-state index contributed by atoms with van der Waals surface area (Å²) in [6.07, 6.45) is 0.713. The Morgan fingerprint density at radius 1 is 1.17 bits per heavy atom. The topological polar surface area (TPSA) is 118 Å². The summed E-state index contributed by atoms with van der Waals surface area (Å²) in [5.74, 6) is -0.564. The molecule has 29 heavy (non-hydrogen) atoms. The molecular weight excluding hydrogens is 399 g/mol. The molecule has 1 heterocycles. The molecular formula is C19H18ClFN6O2. The first kappa shape index (κ1) is 20.3. The first-order chi connectivity index (χ1) is 14.0. The second-order valence-corrected chi connectivity index (χ2v) is 6.41. The van der Waals surface area contributed by atoms with Gasteiger partial charge in [0, 0.05) is 6.54 Å². The van der Waals surface area contributed by atoms with Crippen molar-refractivity contribution in [2.75, 3.05) is 6.54 Å². The number of carbonyl (C=O) groups is 1. The molecule has 0 aliphatic heterocycles. The van der Waals surface area contributed by atoms with Crippen molar-refractivity contribution < 1.29 is 13.8 Å². The number of aliphatic imine (C=N–C) groups is 1. The van der Waals surface area contributed by atoms with E-state index in [1.54, 1.807) is 0 Å². The maximum absolute atomic E-state index is 13.2. The molecule has 4 N–H and O–H groups in total. The van der Waals surface area contributed by atoms with Gasteiger partial charge < -0.3 is 16.4 Å². The van der Waals surface area contributed by atoms with Gasteiger partial charge in [-0.2, -0.15) is 0 Å². The number of urea groups is 1. The van der Waals surface area contributed by atoms with Crippen molar-refractivity contribution in [1.82, 2.24) is 20.9 Å². The quantitative estimate of drug-likeness (QED) is 0.404. The maximum atomic E-state index is 13.2. The van der Waals surface area contributed by atoms with Crippen LogP contribution in [0.3, 0.4) is 0 Å². The van der Waals surface area contributed by atoms with Crippen molar-refractivity contribution in [3.8, 4) is 0 Å². The summed E-state index contributed by atoms with van der Waals surface area (Å²) in [4.78, 5) is 16.1. The van der Waals surface area contributed by atoms with Crippen molar-refractivity contribution >= 4 is 29.2 Å². The second-order valence-electron chi connectivity index (χ2n) is 6.00. The zero-order valence-corrected chi connectivity index (χ0v) is 16.0. The van der Waals surface area contributed by atoms with Crippen LogP contribution in [0.1, 0.15) is 17.0 Å². The number of nitrogens with two attached hydrogens (primary N) is 1. The van der Waals surface area contributed by atoms with Crippen LogP contribution >= 0.6 is 11.6 Å². The molecule has 3 rings (SSSR count). The summed E-state index contributed by atoms with van der Waals surface area (Å²) >= 11 is 5.73. The Morgan fingerprint density at radius 3 is 2.72 bits per heavy atom. The van der Waals surface area contributed by atoms with Crippen molar-refractivity contribution in [1.29, 1.82) is 0 Å². The molecule has 8 nitrogen and oxygen atoms in total. The summed E-state index contributed by atoms with van der Waals surface area (Å²) in [5, 5.41) is 12.8. The smallest absolute Gasteiger partial charge is 0.315 e. The van der Waals surface area contributed by atoms with Gasteiger partial charge in [0.15, 0.2) is 11.5 Å². The number of amidine groups is 1. The SMILES string of the molecule is NC(=Nc1ccc(F)c(Cl)c1)c1nonc1CNC(=O)NCCc1ccccc1. The number of carbonyl (C=O) groups excluding carboxylic acids is 1. The fourth-order valence-electron chi connectivity index (χ4n) is 2.46. The lowest BCUT2D eigenvalue weighted by molar-refractivity contribution is 0.240. The third-order valence-corrected chi connectivity index (χ3v) is 4.20. The fourth-order valence-corrected chi connectivity index (χ4v) is 2.63. The Kier molecular flexibility index (Phi) is 6.75. The van der Waals surface area contributed by atoms with Crippen LogP contribution in [0.5, 0.6) is 0 Å². The third-order valence-electron chi connectivity index (χ3n) is 3.91. The highest BCUT2D eigenvalue weighted by atomic mass is 35.5. The van der Waals surface area contributed by atoms with Gasteiger partial charge in [-0.05, 0) is 35.3 Å². The molecule has 10 heteroatoms. The summed E-state index contributed by atoms with van der Waals surface area (Å²) in [6, 6.07) is 13.4. The molecule has 0 fully saturated rings. The molecule has 0 atom stereocenters. The van der Waals surface area contributed by atoms with E-state index in [2.05, 4.69) is 25.9 Å². The molecule has 0 bridgehead atoms. The second kappa shape index (κ2) is 9.65. The molecule has 1 aromatic heterocycles. The summed E-state index contributed by atoms with van der Waals surface area (Å²) in [7, 11) is 0.